The summed E-state index contributed by atoms with van der Waals surface area (Å²) in [6.07, 6.45) is 0. The summed E-state index contributed by atoms with van der Waals surface area (Å²) in [7, 11) is 1.70. The first kappa shape index (κ1) is 11.1. The minimum atomic E-state index is 0. The van der Waals surface area contributed by atoms with Gasteiger partial charge in [-0.1, -0.05) is 0 Å². The summed E-state index contributed by atoms with van der Waals surface area (Å²) in [5.74, 6) is 0.0532. The normalized spacial score (nSPS) is 6.57. The van der Waals surface area contributed by atoms with Crippen LogP contribution in [0.3, 0.4) is 0 Å². The smallest absolute Gasteiger partial charge is 0.450 e. The molecule has 0 radical (unpaired) electrons. The van der Waals surface area contributed by atoms with Crippen LogP contribution in [0.25, 0.3) is 0 Å². The number of ketones is 1. The number of likely N-dealkylation sites (N-methyl/N-ethyl adjacent to an activating group) is 1. The molecule has 0 atom stereocenters. The second-order valence-corrected chi connectivity index (χ2v) is 1.04. The Hall–Kier alpha value is 1.31. The molecule has 0 amide bonds. The molecule has 0 aliphatic carbocycles. The van der Waals surface area contributed by atoms with Gasteiger partial charge in [-0.15, -0.1) is 0 Å². The number of hydrogen-bond acceptors (Lipinski definition) is 2. The maximum absolute atomic E-state index is 9.93. The van der Waals surface area contributed by atoms with E-state index in [0.717, 1.165) is 0 Å². The van der Waals surface area contributed by atoms with Gasteiger partial charge in [0, 0.05) is 5.78 Å². The van der Waals surface area contributed by atoms with Crippen LogP contribution in [0.2, 0.25) is 0 Å². The van der Waals surface area contributed by atoms with Crippen molar-refractivity contribution in [2.45, 2.75) is 6.92 Å². The first-order valence-corrected chi connectivity index (χ1v) is 1.78. The Morgan fingerprint density at radius 3 is 2.14 bits per heavy atom. The fourth-order valence-electron chi connectivity index (χ4n) is 0.203. The summed E-state index contributed by atoms with van der Waals surface area (Å²) >= 11 is 0. The number of carbonyl (C=O) groups excluding carboxylic acids is 1. The Bertz CT molecular complexity index is 55.7. The minimum absolute atomic E-state index is 0. The average Bonchev–Trinajstić information content (AvgIpc) is 1.35. The molecule has 0 fully saturated rings. The molecule has 0 aliphatic heterocycles. The Labute approximate surface area is 92.8 Å². The number of hydrogen-bond donors (Lipinski definition) is 1. The van der Waals surface area contributed by atoms with Gasteiger partial charge in [0.15, 0.2) is 0 Å². The number of Topliss-reactive ketones (excluding diaryl/α,β-unsaturated/α-hetero) is 1. The van der Waals surface area contributed by atoms with E-state index in [1.54, 1.807) is 7.05 Å². The number of nitrogens with one attached hydrogen (secondary N) is 1. The van der Waals surface area contributed by atoms with E-state index in [1.165, 1.54) is 13.5 Å². The van der Waals surface area contributed by atoms with E-state index in [1.807, 2.05) is 0 Å². The Kier molecular flexibility index (Phi) is 11.6. The average molecular weight is 172 g/mol. The zero-order valence-corrected chi connectivity index (χ0v) is 9.90. The molecular weight excluding hydrogens is 164 g/mol. The van der Waals surface area contributed by atoms with E-state index in [-0.39, 0.29) is 64.0 Å². The van der Waals surface area contributed by atoms with Gasteiger partial charge in [-0.3, -0.25) is 6.54 Å². The first-order valence-electron chi connectivity index (χ1n) is 1.78. The van der Waals surface area contributed by atoms with Crippen LogP contribution in [0.4, 0.5) is 0 Å². The van der Waals surface area contributed by atoms with Gasteiger partial charge in [-0.2, -0.15) is 0 Å². The molecule has 36 valence electrons. The monoisotopic (exact) mass is 171 g/mol. The molecule has 0 aromatic carbocycles. The van der Waals surface area contributed by atoms with Crippen molar-refractivity contribution in [3.05, 3.63) is 6.54 Å². The van der Waals surface area contributed by atoms with E-state index < -0.39 is 0 Å². The third kappa shape index (κ3) is 11.1. The van der Waals surface area contributed by atoms with Crippen molar-refractivity contribution in [1.82, 2.24) is 5.32 Å². The molecule has 0 aliphatic rings. The van der Waals surface area contributed by atoms with Crippen LogP contribution < -0.4 is 63.5 Å². The van der Waals surface area contributed by atoms with Crippen LogP contribution in [-0.4, -0.2) is 12.8 Å². The summed E-state index contributed by atoms with van der Waals surface area (Å²) < 4.78 is 0. The van der Waals surface area contributed by atoms with Crippen LogP contribution in [0.1, 0.15) is 6.92 Å². The van der Waals surface area contributed by atoms with E-state index in [9.17, 15) is 4.79 Å². The molecule has 0 aromatic heterocycles. The second-order valence-electron chi connectivity index (χ2n) is 1.04. The van der Waals surface area contributed by atoms with E-state index in [0.29, 0.717) is 0 Å². The van der Waals surface area contributed by atoms with Gasteiger partial charge >= 0.3 is 58.2 Å². The predicted octanol–water partition coefficient (Wildman–Crippen LogP) is -3.04. The Morgan fingerprint density at radius 2 is 2.14 bits per heavy atom. The summed E-state index contributed by atoms with van der Waals surface area (Å²) in [6, 6.07) is 0. The molecule has 0 saturated heterocycles. The SMILES string of the molecule is CN[CH-]C(C)=O.[Rb+]. The first-order chi connectivity index (χ1) is 2.77. The van der Waals surface area contributed by atoms with E-state index in [4.69, 9.17) is 0 Å². The van der Waals surface area contributed by atoms with Gasteiger partial charge in [-0.25, -0.2) is 0 Å². The number of rotatable bonds is 2. The molecule has 3 heteroatoms. The zero-order chi connectivity index (χ0) is 4.99. The summed E-state index contributed by atoms with van der Waals surface area (Å²) in [5.41, 5.74) is 0. The Balaban J connectivity index is 0. The summed E-state index contributed by atoms with van der Waals surface area (Å²) in [4.78, 5) is 9.93. The minimum Gasteiger partial charge on any atom is -0.450 e. The molecule has 0 heterocycles. The van der Waals surface area contributed by atoms with Gasteiger partial charge in [0.2, 0.25) is 0 Å². The summed E-state index contributed by atoms with van der Waals surface area (Å²) in [5, 5.41) is 2.59. The summed E-state index contributed by atoms with van der Waals surface area (Å²) in [6.45, 7) is 2.90. The maximum Gasteiger partial charge on any atom is 1.00 e. The molecule has 7 heavy (non-hydrogen) atoms. The van der Waals surface area contributed by atoms with Gasteiger partial charge < -0.3 is 10.1 Å². The van der Waals surface area contributed by atoms with Gasteiger partial charge in [0.1, 0.15) is 0 Å². The van der Waals surface area contributed by atoms with Crippen molar-refractivity contribution in [3.63, 3.8) is 0 Å². The van der Waals surface area contributed by atoms with Crippen LogP contribution in [0.5, 0.6) is 0 Å². The molecule has 1 N–H and O–H groups in total. The molecule has 2 nitrogen and oxygen atoms in total. The van der Waals surface area contributed by atoms with Crippen molar-refractivity contribution >= 4 is 5.78 Å². The van der Waals surface area contributed by atoms with E-state index >= 15 is 0 Å². The van der Waals surface area contributed by atoms with Crippen molar-refractivity contribution in [2.75, 3.05) is 7.05 Å². The third-order valence-corrected chi connectivity index (χ3v) is 0.348. The van der Waals surface area contributed by atoms with Crippen molar-refractivity contribution < 1.29 is 63.0 Å². The molecule has 0 bridgehead atoms. The fraction of sp³-hybridized carbons (Fsp3) is 0.500. The van der Waals surface area contributed by atoms with Crippen LogP contribution in [0, 0.1) is 6.54 Å². The van der Waals surface area contributed by atoms with Gasteiger partial charge in [-0.05, 0) is 14.0 Å². The molecule has 0 saturated carbocycles. The molecule has 0 unspecified atom stereocenters. The standard InChI is InChI=1S/C4H8NO.Rb/c1-4(6)3-5-2;/h3,5H,1-2H3;/q-1;+1. The van der Waals surface area contributed by atoms with Crippen molar-refractivity contribution in [1.29, 1.82) is 0 Å². The Morgan fingerprint density at radius 1 is 1.71 bits per heavy atom. The van der Waals surface area contributed by atoms with E-state index in [2.05, 4.69) is 5.32 Å². The van der Waals surface area contributed by atoms with Crippen LogP contribution in [0.15, 0.2) is 0 Å². The quantitative estimate of drug-likeness (QED) is 0.448. The van der Waals surface area contributed by atoms with Crippen molar-refractivity contribution in [3.8, 4) is 0 Å². The molecule has 0 rings (SSSR count). The largest absolute Gasteiger partial charge is 1.00 e. The predicted molar refractivity (Wildman–Crippen MR) is 24.0 cm³/mol. The topological polar surface area (TPSA) is 29.1 Å². The number of carbonyl (C=O) groups is 1. The fourth-order valence-corrected chi connectivity index (χ4v) is 0.203. The zero-order valence-electron chi connectivity index (χ0n) is 4.99. The van der Waals surface area contributed by atoms with Crippen LogP contribution in [-0.2, 0) is 4.79 Å². The molecular formula is C4H8NORb. The third-order valence-electron chi connectivity index (χ3n) is 0.348. The molecule has 0 aromatic rings. The van der Waals surface area contributed by atoms with Gasteiger partial charge in [0.05, 0.1) is 0 Å². The van der Waals surface area contributed by atoms with Gasteiger partial charge in [0.25, 0.3) is 0 Å². The maximum atomic E-state index is 9.93. The second kappa shape index (κ2) is 7.31. The van der Waals surface area contributed by atoms with Crippen molar-refractivity contribution in [2.24, 2.45) is 0 Å². The van der Waals surface area contributed by atoms with Crippen LogP contribution >= 0.6 is 0 Å². The molecule has 0 spiro atoms.